The van der Waals surface area contributed by atoms with Crippen molar-refractivity contribution in [3.8, 4) is 6.07 Å². The van der Waals surface area contributed by atoms with Crippen LogP contribution in [0.4, 0.5) is 4.39 Å². The van der Waals surface area contributed by atoms with E-state index in [1.54, 1.807) is 12.1 Å². The molecule has 1 aromatic carbocycles. The number of rotatable bonds is 3. The molecule has 1 fully saturated rings. The highest BCUT2D eigenvalue weighted by Gasteiger charge is 2.19. The molecule has 0 aromatic heterocycles. The Kier molecular flexibility index (Phi) is 4.29. The van der Waals surface area contributed by atoms with E-state index in [0.29, 0.717) is 18.0 Å². The van der Waals surface area contributed by atoms with Gasteiger partial charge in [-0.3, -0.25) is 4.90 Å². The Hall–Kier alpha value is -1.44. The highest BCUT2D eigenvalue weighted by atomic mass is 19.1. The van der Waals surface area contributed by atoms with Gasteiger partial charge in [0.25, 0.3) is 0 Å². The largest absolute Gasteiger partial charge is 0.396 e. The summed E-state index contributed by atoms with van der Waals surface area (Å²) in [5.41, 5.74) is 0.689. The van der Waals surface area contributed by atoms with Crippen LogP contribution in [0, 0.1) is 23.1 Å². The van der Waals surface area contributed by atoms with E-state index in [1.807, 2.05) is 6.07 Å². The third kappa shape index (κ3) is 2.87. The number of nitrogens with zero attached hydrogens (tertiary/aromatic N) is 2. The minimum Gasteiger partial charge on any atom is -0.396 e. The Bertz CT molecular complexity index is 448. The average molecular weight is 248 g/mol. The zero-order chi connectivity index (χ0) is 13.0. The first-order chi connectivity index (χ1) is 8.74. The lowest BCUT2D eigenvalue weighted by Gasteiger charge is -2.31. The number of nitriles is 1. The molecular weight excluding hydrogens is 231 g/mol. The molecule has 1 aromatic rings. The van der Waals surface area contributed by atoms with Gasteiger partial charge >= 0.3 is 0 Å². The summed E-state index contributed by atoms with van der Waals surface area (Å²) >= 11 is 0. The number of hydrogen-bond acceptors (Lipinski definition) is 3. The molecule has 0 atom stereocenters. The van der Waals surface area contributed by atoms with Gasteiger partial charge < -0.3 is 5.11 Å². The predicted molar refractivity (Wildman–Crippen MR) is 66.2 cm³/mol. The second-order valence-electron chi connectivity index (χ2n) is 4.79. The van der Waals surface area contributed by atoms with Crippen LogP contribution in [0.1, 0.15) is 24.0 Å². The Balaban J connectivity index is 2.01. The van der Waals surface area contributed by atoms with E-state index in [0.717, 1.165) is 25.9 Å². The molecule has 0 aliphatic carbocycles. The quantitative estimate of drug-likeness (QED) is 0.888. The molecule has 4 heteroatoms. The molecule has 2 rings (SSSR count). The Morgan fingerprint density at radius 3 is 2.72 bits per heavy atom. The van der Waals surface area contributed by atoms with Crippen molar-refractivity contribution in [2.75, 3.05) is 19.7 Å². The monoisotopic (exact) mass is 248 g/mol. The molecule has 0 bridgehead atoms. The van der Waals surface area contributed by atoms with Crippen LogP contribution >= 0.6 is 0 Å². The molecule has 0 spiro atoms. The van der Waals surface area contributed by atoms with Crippen LogP contribution in [0.3, 0.4) is 0 Å². The second-order valence-corrected chi connectivity index (χ2v) is 4.79. The van der Waals surface area contributed by atoms with Crippen molar-refractivity contribution < 1.29 is 9.50 Å². The van der Waals surface area contributed by atoms with Crippen molar-refractivity contribution in [1.82, 2.24) is 4.90 Å². The Labute approximate surface area is 106 Å². The molecule has 1 heterocycles. The molecule has 0 amide bonds. The number of benzene rings is 1. The van der Waals surface area contributed by atoms with Gasteiger partial charge in [0.05, 0.1) is 5.56 Å². The van der Waals surface area contributed by atoms with E-state index in [-0.39, 0.29) is 12.2 Å². The van der Waals surface area contributed by atoms with Crippen molar-refractivity contribution in [3.05, 3.63) is 35.1 Å². The third-order valence-corrected chi connectivity index (χ3v) is 3.56. The molecule has 18 heavy (non-hydrogen) atoms. The molecule has 1 N–H and O–H groups in total. The minimum atomic E-state index is -0.399. The van der Waals surface area contributed by atoms with Gasteiger partial charge in [0.1, 0.15) is 11.9 Å². The fourth-order valence-electron chi connectivity index (χ4n) is 2.36. The van der Waals surface area contributed by atoms with Crippen molar-refractivity contribution in [3.63, 3.8) is 0 Å². The van der Waals surface area contributed by atoms with E-state index in [4.69, 9.17) is 10.4 Å². The number of piperidine rings is 1. The molecule has 1 aliphatic heterocycles. The van der Waals surface area contributed by atoms with Gasteiger partial charge in [-0.25, -0.2) is 4.39 Å². The predicted octanol–water partition coefficient (Wildman–Crippen LogP) is 1.90. The maximum Gasteiger partial charge on any atom is 0.145 e. The van der Waals surface area contributed by atoms with E-state index in [2.05, 4.69) is 4.90 Å². The zero-order valence-corrected chi connectivity index (χ0v) is 10.3. The summed E-state index contributed by atoms with van der Waals surface area (Å²) in [7, 11) is 0. The molecule has 0 saturated carbocycles. The zero-order valence-electron chi connectivity index (χ0n) is 10.3. The summed E-state index contributed by atoms with van der Waals surface area (Å²) in [6.45, 7) is 2.54. The lowest BCUT2D eigenvalue weighted by Crippen LogP contribution is -2.34. The first kappa shape index (κ1) is 13.0. The molecule has 96 valence electrons. The average Bonchev–Trinajstić information content (AvgIpc) is 2.42. The maximum atomic E-state index is 13.9. The lowest BCUT2D eigenvalue weighted by molar-refractivity contribution is 0.126. The summed E-state index contributed by atoms with van der Waals surface area (Å²) in [5, 5.41) is 17.8. The van der Waals surface area contributed by atoms with Crippen molar-refractivity contribution in [2.45, 2.75) is 19.4 Å². The van der Waals surface area contributed by atoms with Crippen LogP contribution in [-0.4, -0.2) is 29.7 Å². The van der Waals surface area contributed by atoms with Gasteiger partial charge in [-0.15, -0.1) is 0 Å². The standard InChI is InChI=1S/C14H17FN2O/c15-14-12(8-16)2-1-3-13(14)9-17-6-4-11(10-18)5-7-17/h1-3,11,18H,4-7,9-10H2. The van der Waals surface area contributed by atoms with Crippen LogP contribution < -0.4 is 0 Å². The number of aliphatic hydroxyl groups excluding tert-OH is 1. The summed E-state index contributed by atoms with van der Waals surface area (Å²) in [6, 6.07) is 6.81. The molecule has 1 saturated heterocycles. The van der Waals surface area contributed by atoms with Crippen molar-refractivity contribution in [1.29, 1.82) is 5.26 Å². The first-order valence-corrected chi connectivity index (χ1v) is 6.25. The van der Waals surface area contributed by atoms with E-state index >= 15 is 0 Å². The maximum absolute atomic E-state index is 13.9. The van der Waals surface area contributed by atoms with Crippen LogP contribution in [0.15, 0.2) is 18.2 Å². The number of halogens is 1. The molecule has 0 unspecified atom stereocenters. The van der Waals surface area contributed by atoms with Crippen LogP contribution in [0.25, 0.3) is 0 Å². The fourth-order valence-corrected chi connectivity index (χ4v) is 2.36. The minimum absolute atomic E-state index is 0.109. The van der Waals surface area contributed by atoms with Crippen molar-refractivity contribution in [2.24, 2.45) is 5.92 Å². The van der Waals surface area contributed by atoms with Crippen molar-refractivity contribution >= 4 is 0 Å². The van der Waals surface area contributed by atoms with Crippen LogP contribution in [0.2, 0.25) is 0 Å². The third-order valence-electron chi connectivity index (χ3n) is 3.56. The first-order valence-electron chi connectivity index (χ1n) is 6.25. The van der Waals surface area contributed by atoms with Gasteiger partial charge in [0.2, 0.25) is 0 Å². The highest BCUT2D eigenvalue weighted by molar-refractivity contribution is 5.34. The Morgan fingerprint density at radius 2 is 2.11 bits per heavy atom. The summed E-state index contributed by atoms with van der Waals surface area (Å²) in [6.07, 6.45) is 1.91. The van der Waals surface area contributed by atoms with Gasteiger partial charge in [-0.05, 0) is 37.9 Å². The smallest absolute Gasteiger partial charge is 0.145 e. The van der Waals surface area contributed by atoms with Crippen LogP contribution in [-0.2, 0) is 6.54 Å². The van der Waals surface area contributed by atoms with Gasteiger partial charge in [0, 0.05) is 18.7 Å². The Morgan fingerprint density at radius 1 is 1.39 bits per heavy atom. The number of hydrogen-bond donors (Lipinski definition) is 1. The van der Waals surface area contributed by atoms with E-state index in [1.165, 1.54) is 6.07 Å². The van der Waals surface area contributed by atoms with Crippen LogP contribution in [0.5, 0.6) is 0 Å². The second kappa shape index (κ2) is 5.94. The van der Waals surface area contributed by atoms with Gasteiger partial charge in [-0.2, -0.15) is 5.26 Å². The van der Waals surface area contributed by atoms with Gasteiger partial charge in [-0.1, -0.05) is 12.1 Å². The lowest BCUT2D eigenvalue weighted by atomic mass is 9.97. The van der Waals surface area contributed by atoms with E-state index in [9.17, 15) is 4.39 Å². The summed E-state index contributed by atoms with van der Waals surface area (Å²) < 4.78 is 13.9. The highest BCUT2D eigenvalue weighted by Crippen LogP contribution is 2.20. The molecule has 1 aliphatic rings. The molecular formula is C14H17FN2O. The molecule has 3 nitrogen and oxygen atoms in total. The normalized spacial score (nSPS) is 17.6. The van der Waals surface area contributed by atoms with E-state index < -0.39 is 5.82 Å². The number of likely N-dealkylation sites (tertiary alicyclic amines) is 1. The SMILES string of the molecule is N#Cc1cccc(CN2CCC(CO)CC2)c1F. The summed E-state index contributed by atoms with van der Waals surface area (Å²) in [5.74, 6) is -0.0131. The van der Waals surface area contributed by atoms with Gasteiger partial charge in [0.15, 0.2) is 0 Å². The summed E-state index contributed by atoms with van der Waals surface area (Å²) in [4.78, 5) is 2.17. The number of aliphatic hydroxyl groups is 1. The fraction of sp³-hybridized carbons (Fsp3) is 0.500. The topological polar surface area (TPSA) is 47.3 Å². The molecule has 0 radical (unpaired) electrons.